The van der Waals surface area contributed by atoms with E-state index in [2.05, 4.69) is 11.9 Å². The summed E-state index contributed by atoms with van der Waals surface area (Å²) in [5.41, 5.74) is 2.00. The van der Waals surface area contributed by atoms with Gasteiger partial charge in [-0.15, -0.1) is 0 Å². The first kappa shape index (κ1) is 12.4. The second kappa shape index (κ2) is 5.52. The van der Waals surface area contributed by atoms with E-state index in [1.165, 1.54) is 0 Å². The second-order valence-electron chi connectivity index (χ2n) is 3.81. The minimum absolute atomic E-state index is 0.171. The lowest BCUT2D eigenvalue weighted by atomic mass is 10.1. The molecule has 3 heteroatoms. The van der Waals surface area contributed by atoms with E-state index < -0.39 is 0 Å². The highest BCUT2D eigenvalue weighted by atomic mass is 35.5. The zero-order chi connectivity index (χ0) is 13.0. The molecule has 2 aromatic rings. The molecule has 2 rings (SSSR count). The fourth-order valence-corrected chi connectivity index (χ4v) is 1.65. The number of hydrogen-bond donors (Lipinski definition) is 1. The molecule has 90 valence electrons. The lowest BCUT2D eigenvalue weighted by molar-refractivity contribution is 0.0974. The van der Waals surface area contributed by atoms with Gasteiger partial charge in [0.2, 0.25) is 0 Å². The van der Waals surface area contributed by atoms with Crippen LogP contribution in [-0.4, -0.2) is 5.91 Å². The fourth-order valence-electron chi connectivity index (χ4n) is 1.52. The molecule has 1 N–H and O–H groups in total. The maximum atomic E-state index is 11.9. The quantitative estimate of drug-likeness (QED) is 0.892. The predicted molar refractivity (Wildman–Crippen MR) is 74.4 cm³/mol. The summed E-state index contributed by atoms with van der Waals surface area (Å²) in [7, 11) is 0. The number of amides is 1. The smallest absolute Gasteiger partial charge is 0.255 e. The molecule has 0 aliphatic rings. The first-order chi connectivity index (χ1) is 8.66. The van der Waals surface area contributed by atoms with Crippen LogP contribution in [-0.2, 0) is 0 Å². The molecule has 2 nitrogen and oxygen atoms in total. The summed E-state index contributed by atoms with van der Waals surface area (Å²) >= 11 is 5.80. The summed E-state index contributed by atoms with van der Waals surface area (Å²) in [6.45, 7) is 3.85. The monoisotopic (exact) mass is 257 g/mol. The van der Waals surface area contributed by atoms with Gasteiger partial charge in [0, 0.05) is 16.3 Å². The Bertz CT molecular complexity index is 561. The summed E-state index contributed by atoms with van der Waals surface area (Å²) in [5.74, 6) is -0.171. The van der Waals surface area contributed by atoms with Gasteiger partial charge in [0.25, 0.3) is 5.91 Å². The maximum absolute atomic E-state index is 11.9. The minimum atomic E-state index is -0.171. The molecule has 0 saturated carbocycles. The van der Waals surface area contributed by atoms with Crippen LogP contribution in [0.4, 0.5) is 0 Å². The van der Waals surface area contributed by atoms with E-state index >= 15 is 0 Å². The van der Waals surface area contributed by atoms with Gasteiger partial charge in [-0.2, -0.15) is 0 Å². The van der Waals surface area contributed by atoms with Gasteiger partial charge in [0.05, 0.1) is 0 Å². The van der Waals surface area contributed by atoms with Crippen molar-refractivity contribution >= 4 is 23.2 Å². The molecule has 0 aliphatic heterocycles. The molecule has 0 spiro atoms. The third-order valence-corrected chi connectivity index (χ3v) is 2.75. The fraction of sp³-hybridized carbons (Fsp3) is 0. The van der Waals surface area contributed by atoms with Crippen LogP contribution in [0.15, 0.2) is 61.2 Å². The lowest BCUT2D eigenvalue weighted by Crippen LogP contribution is -2.21. The van der Waals surface area contributed by atoms with Gasteiger partial charge >= 0.3 is 0 Å². The molecule has 0 aliphatic carbocycles. The molecule has 0 unspecified atom stereocenters. The first-order valence-corrected chi connectivity index (χ1v) is 5.86. The highest BCUT2D eigenvalue weighted by Crippen LogP contribution is 2.14. The van der Waals surface area contributed by atoms with Gasteiger partial charge in [0.15, 0.2) is 0 Å². The second-order valence-corrected chi connectivity index (χ2v) is 4.24. The molecular weight excluding hydrogens is 246 g/mol. The van der Waals surface area contributed by atoms with E-state index in [1.807, 2.05) is 30.3 Å². The Morgan fingerprint density at radius 2 is 1.56 bits per heavy atom. The highest BCUT2D eigenvalue weighted by Gasteiger charge is 2.06. The Hall–Kier alpha value is -2.06. The number of hydrogen-bond acceptors (Lipinski definition) is 1. The largest absolute Gasteiger partial charge is 0.322 e. The third kappa shape index (κ3) is 2.99. The van der Waals surface area contributed by atoms with Crippen LogP contribution in [0.2, 0.25) is 5.02 Å². The van der Waals surface area contributed by atoms with Gasteiger partial charge in [0.1, 0.15) is 0 Å². The van der Waals surface area contributed by atoms with Crippen molar-refractivity contribution in [1.82, 2.24) is 5.32 Å². The zero-order valence-electron chi connectivity index (χ0n) is 9.69. The van der Waals surface area contributed by atoms with E-state index in [0.717, 1.165) is 5.56 Å². The molecule has 0 atom stereocenters. The summed E-state index contributed by atoms with van der Waals surface area (Å²) in [5, 5.41) is 3.41. The number of carbonyl (C=O) groups excluding carboxylic acids is 1. The Labute approximate surface area is 111 Å². The van der Waals surface area contributed by atoms with Crippen molar-refractivity contribution < 1.29 is 4.79 Å². The average molecular weight is 258 g/mol. The SMILES string of the molecule is C=C(NC(=O)c1ccccc1)c1ccc(Cl)cc1. The van der Waals surface area contributed by atoms with Crippen LogP contribution in [0.5, 0.6) is 0 Å². The molecule has 0 radical (unpaired) electrons. The van der Waals surface area contributed by atoms with Crippen molar-refractivity contribution in [2.75, 3.05) is 0 Å². The van der Waals surface area contributed by atoms with Gasteiger partial charge in [-0.05, 0) is 29.8 Å². The van der Waals surface area contributed by atoms with Crippen LogP contribution < -0.4 is 5.32 Å². The number of halogens is 1. The number of carbonyl (C=O) groups is 1. The van der Waals surface area contributed by atoms with E-state index in [0.29, 0.717) is 16.3 Å². The number of rotatable bonds is 3. The molecule has 0 aromatic heterocycles. The van der Waals surface area contributed by atoms with Gasteiger partial charge in [-0.25, -0.2) is 0 Å². The van der Waals surface area contributed by atoms with Gasteiger partial charge in [-0.1, -0.05) is 48.5 Å². The van der Waals surface area contributed by atoms with Gasteiger partial charge < -0.3 is 5.32 Å². The summed E-state index contributed by atoms with van der Waals surface area (Å²) < 4.78 is 0. The lowest BCUT2D eigenvalue weighted by Gasteiger charge is -2.08. The van der Waals surface area contributed by atoms with Crippen LogP contribution in [0.3, 0.4) is 0 Å². The van der Waals surface area contributed by atoms with Crippen molar-refractivity contribution in [3.8, 4) is 0 Å². The van der Waals surface area contributed by atoms with Crippen LogP contribution in [0, 0.1) is 0 Å². The number of benzene rings is 2. The maximum Gasteiger partial charge on any atom is 0.255 e. The molecule has 0 saturated heterocycles. The van der Waals surface area contributed by atoms with Crippen molar-refractivity contribution in [3.05, 3.63) is 77.3 Å². The van der Waals surface area contributed by atoms with Crippen LogP contribution >= 0.6 is 11.6 Å². The highest BCUT2D eigenvalue weighted by molar-refractivity contribution is 6.30. The summed E-state index contributed by atoms with van der Waals surface area (Å²) in [6.07, 6.45) is 0. The molecule has 1 amide bonds. The Kier molecular flexibility index (Phi) is 3.80. The topological polar surface area (TPSA) is 29.1 Å². The van der Waals surface area contributed by atoms with Crippen molar-refractivity contribution in [3.63, 3.8) is 0 Å². The molecule has 2 aromatic carbocycles. The summed E-state index contributed by atoms with van der Waals surface area (Å²) in [4.78, 5) is 11.9. The van der Waals surface area contributed by atoms with Crippen LogP contribution in [0.1, 0.15) is 15.9 Å². The molecule has 0 bridgehead atoms. The normalized spacial score (nSPS) is 9.83. The molecule has 0 heterocycles. The average Bonchev–Trinajstić information content (AvgIpc) is 2.40. The van der Waals surface area contributed by atoms with E-state index in [1.54, 1.807) is 24.3 Å². The van der Waals surface area contributed by atoms with Gasteiger partial charge in [-0.3, -0.25) is 4.79 Å². The Morgan fingerprint density at radius 3 is 2.17 bits per heavy atom. The van der Waals surface area contributed by atoms with Crippen molar-refractivity contribution in [2.45, 2.75) is 0 Å². The zero-order valence-corrected chi connectivity index (χ0v) is 10.4. The molecule has 0 fully saturated rings. The Balaban J connectivity index is 2.08. The first-order valence-electron chi connectivity index (χ1n) is 5.48. The predicted octanol–water partition coefficient (Wildman–Crippen LogP) is 3.74. The van der Waals surface area contributed by atoms with E-state index in [4.69, 9.17) is 11.6 Å². The molecular formula is C15H12ClNO. The van der Waals surface area contributed by atoms with Crippen LogP contribution in [0.25, 0.3) is 5.70 Å². The molecule has 18 heavy (non-hydrogen) atoms. The van der Waals surface area contributed by atoms with Crippen molar-refractivity contribution in [1.29, 1.82) is 0 Å². The standard InChI is InChI=1S/C15H12ClNO/c1-11(12-7-9-14(16)10-8-12)17-15(18)13-5-3-2-4-6-13/h2-10H,1H2,(H,17,18). The summed E-state index contributed by atoms with van der Waals surface area (Å²) in [6, 6.07) is 16.2. The Morgan fingerprint density at radius 1 is 0.944 bits per heavy atom. The number of nitrogens with one attached hydrogen (secondary N) is 1. The minimum Gasteiger partial charge on any atom is -0.322 e. The van der Waals surface area contributed by atoms with E-state index in [-0.39, 0.29) is 5.91 Å². The van der Waals surface area contributed by atoms with E-state index in [9.17, 15) is 4.79 Å². The van der Waals surface area contributed by atoms with Crippen molar-refractivity contribution in [2.24, 2.45) is 0 Å². The third-order valence-electron chi connectivity index (χ3n) is 2.49.